The van der Waals surface area contributed by atoms with Gasteiger partial charge in [-0.2, -0.15) is 17.4 Å². The number of hydrogen-bond donors (Lipinski definition) is 2. The van der Waals surface area contributed by atoms with Crippen LogP contribution in [0.5, 0.6) is 0 Å². The highest BCUT2D eigenvalue weighted by Gasteiger charge is 2.33. The molecule has 2 unspecified atom stereocenters. The summed E-state index contributed by atoms with van der Waals surface area (Å²) in [6.07, 6.45) is 5.99. The molecule has 1 aliphatic heterocycles. The minimum Gasteiger partial charge on any atom is -0.481 e. The first-order valence-electron chi connectivity index (χ1n) is 7.92. The second-order valence-corrected chi connectivity index (χ2v) is 7.97. The van der Waals surface area contributed by atoms with Crippen molar-refractivity contribution in [1.29, 1.82) is 0 Å². The van der Waals surface area contributed by atoms with Crippen LogP contribution in [0, 0.1) is 11.8 Å². The number of nitrogens with one attached hydrogen (secondary N) is 1. The molecule has 1 aliphatic carbocycles. The van der Waals surface area contributed by atoms with E-state index in [2.05, 4.69) is 11.6 Å². The van der Waals surface area contributed by atoms with E-state index >= 15 is 0 Å². The topological polar surface area (TPSA) is 86.7 Å². The Hall–Kier alpha value is -0.660. The minimum absolute atomic E-state index is 0.0332. The molecule has 2 atom stereocenters. The van der Waals surface area contributed by atoms with E-state index in [0.717, 1.165) is 25.7 Å². The number of carboxylic acids is 1. The first-order chi connectivity index (χ1) is 9.92. The molecule has 2 aliphatic rings. The average Bonchev–Trinajstić information content (AvgIpc) is 2.47. The van der Waals surface area contributed by atoms with Crippen LogP contribution in [0.4, 0.5) is 0 Å². The van der Waals surface area contributed by atoms with Gasteiger partial charge in [0.25, 0.3) is 10.2 Å². The Bertz CT molecular complexity index is 458. The smallest absolute Gasteiger partial charge is 0.306 e. The number of rotatable bonds is 5. The standard InChI is InChI=1S/C14H26N2O4S/c1-2-11-4-3-5-13(10-11)15-21(19,20)16-8-6-12(7-9-16)14(17)18/h11-13,15H,2-10H2,1H3,(H,17,18). The molecule has 0 aromatic carbocycles. The molecular weight excluding hydrogens is 292 g/mol. The van der Waals surface area contributed by atoms with Crippen LogP contribution in [-0.4, -0.2) is 42.9 Å². The van der Waals surface area contributed by atoms with Gasteiger partial charge < -0.3 is 5.11 Å². The van der Waals surface area contributed by atoms with Crippen molar-refractivity contribution in [2.75, 3.05) is 13.1 Å². The summed E-state index contributed by atoms with van der Waals surface area (Å²) in [5.41, 5.74) is 0. The number of carbonyl (C=O) groups is 1. The van der Waals surface area contributed by atoms with E-state index in [4.69, 9.17) is 5.11 Å². The first-order valence-corrected chi connectivity index (χ1v) is 9.36. The van der Waals surface area contributed by atoms with Crippen molar-refractivity contribution in [2.24, 2.45) is 11.8 Å². The van der Waals surface area contributed by atoms with E-state index < -0.39 is 22.1 Å². The molecule has 0 radical (unpaired) electrons. The predicted octanol–water partition coefficient (Wildman–Crippen LogP) is 1.59. The van der Waals surface area contributed by atoms with Crippen LogP contribution in [-0.2, 0) is 15.0 Å². The lowest BCUT2D eigenvalue weighted by atomic mass is 9.85. The van der Waals surface area contributed by atoms with Gasteiger partial charge in [-0.3, -0.25) is 4.79 Å². The van der Waals surface area contributed by atoms with Crippen molar-refractivity contribution < 1.29 is 18.3 Å². The van der Waals surface area contributed by atoms with Gasteiger partial charge in [0, 0.05) is 19.1 Å². The van der Waals surface area contributed by atoms with Crippen LogP contribution < -0.4 is 4.72 Å². The Kier molecular flexibility index (Phi) is 5.62. The summed E-state index contributed by atoms with van der Waals surface area (Å²) >= 11 is 0. The van der Waals surface area contributed by atoms with Gasteiger partial charge in [-0.05, 0) is 31.6 Å². The lowest BCUT2D eigenvalue weighted by molar-refractivity contribution is -0.142. The van der Waals surface area contributed by atoms with E-state index in [1.807, 2.05) is 0 Å². The van der Waals surface area contributed by atoms with Gasteiger partial charge in [0.05, 0.1) is 5.92 Å². The highest BCUT2D eigenvalue weighted by Crippen LogP contribution is 2.27. The fourth-order valence-corrected chi connectivity index (χ4v) is 4.87. The largest absolute Gasteiger partial charge is 0.481 e. The molecule has 2 fully saturated rings. The maximum absolute atomic E-state index is 12.4. The molecule has 0 aromatic heterocycles. The van der Waals surface area contributed by atoms with Crippen LogP contribution in [0.3, 0.4) is 0 Å². The molecule has 2 N–H and O–H groups in total. The van der Waals surface area contributed by atoms with Crippen molar-refractivity contribution in [1.82, 2.24) is 9.03 Å². The van der Waals surface area contributed by atoms with Gasteiger partial charge in [0.2, 0.25) is 0 Å². The highest BCUT2D eigenvalue weighted by molar-refractivity contribution is 7.87. The molecule has 0 spiro atoms. The molecule has 7 heteroatoms. The Morgan fingerprint density at radius 3 is 2.48 bits per heavy atom. The lowest BCUT2D eigenvalue weighted by Crippen LogP contribution is -2.49. The molecule has 6 nitrogen and oxygen atoms in total. The van der Waals surface area contributed by atoms with Crippen LogP contribution >= 0.6 is 0 Å². The fraction of sp³-hybridized carbons (Fsp3) is 0.929. The average molecular weight is 318 g/mol. The Morgan fingerprint density at radius 1 is 1.24 bits per heavy atom. The number of aliphatic carboxylic acids is 1. The van der Waals surface area contributed by atoms with Gasteiger partial charge >= 0.3 is 5.97 Å². The summed E-state index contributed by atoms with van der Waals surface area (Å²) in [6.45, 7) is 2.75. The number of nitrogens with zero attached hydrogens (tertiary/aromatic N) is 1. The Morgan fingerprint density at radius 2 is 1.90 bits per heavy atom. The van der Waals surface area contributed by atoms with Crippen molar-refractivity contribution in [3.63, 3.8) is 0 Å². The Labute approximate surface area is 127 Å². The normalized spacial score (nSPS) is 29.4. The number of hydrogen-bond acceptors (Lipinski definition) is 3. The van der Waals surface area contributed by atoms with Crippen molar-refractivity contribution >= 4 is 16.2 Å². The van der Waals surface area contributed by atoms with E-state index in [-0.39, 0.29) is 6.04 Å². The highest BCUT2D eigenvalue weighted by atomic mass is 32.2. The van der Waals surface area contributed by atoms with Gasteiger partial charge in [-0.25, -0.2) is 0 Å². The summed E-state index contributed by atoms with van der Waals surface area (Å²) in [6, 6.07) is 0.0332. The third kappa shape index (κ3) is 4.40. The van der Waals surface area contributed by atoms with Crippen molar-refractivity contribution in [2.45, 2.75) is 57.9 Å². The summed E-state index contributed by atoms with van der Waals surface area (Å²) in [5, 5.41) is 8.96. The molecule has 0 aromatic rings. The van der Waals surface area contributed by atoms with E-state index in [0.29, 0.717) is 31.8 Å². The zero-order chi connectivity index (χ0) is 15.5. The van der Waals surface area contributed by atoms with Crippen LogP contribution in [0.1, 0.15) is 51.9 Å². The maximum Gasteiger partial charge on any atom is 0.306 e. The Balaban J connectivity index is 1.89. The van der Waals surface area contributed by atoms with E-state index in [1.54, 1.807) is 0 Å². The maximum atomic E-state index is 12.4. The fourth-order valence-electron chi connectivity index (χ4n) is 3.40. The second kappa shape index (κ2) is 7.07. The lowest BCUT2D eigenvalue weighted by Gasteiger charge is -2.33. The van der Waals surface area contributed by atoms with Crippen molar-refractivity contribution in [3.05, 3.63) is 0 Å². The third-order valence-corrected chi connectivity index (χ3v) is 6.50. The third-order valence-electron chi connectivity index (χ3n) is 4.82. The quantitative estimate of drug-likeness (QED) is 0.806. The van der Waals surface area contributed by atoms with Crippen LogP contribution in [0.15, 0.2) is 0 Å². The molecule has 2 rings (SSSR count). The minimum atomic E-state index is -3.47. The molecule has 0 amide bonds. The summed E-state index contributed by atoms with van der Waals surface area (Å²) in [5.74, 6) is -0.613. The number of carboxylic acid groups (broad SMARTS) is 1. The summed E-state index contributed by atoms with van der Waals surface area (Å²) in [7, 11) is -3.47. The van der Waals surface area contributed by atoms with Crippen LogP contribution in [0.2, 0.25) is 0 Å². The molecular formula is C14H26N2O4S. The van der Waals surface area contributed by atoms with Gasteiger partial charge in [0.15, 0.2) is 0 Å². The monoisotopic (exact) mass is 318 g/mol. The SMILES string of the molecule is CCC1CCCC(NS(=O)(=O)N2CCC(C(=O)O)CC2)C1. The van der Waals surface area contributed by atoms with E-state index in [1.165, 1.54) is 10.7 Å². The molecule has 1 saturated heterocycles. The van der Waals surface area contributed by atoms with Crippen LogP contribution in [0.25, 0.3) is 0 Å². The second-order valence-electron chi connectivity index (χ2n) is 6.27. The van der Waals surface area contributed by atoms with E-state index in [9.17, 15) is 13.2 Å². The zero-order valence-electron chi connectivity index (χ0n) is 12.6. The van der Waals surface area contributed by atoms with Crippen molar-refractivity contribution in [3.8, 4) is 0 Å². The molecule has 1 heterocycles. The summed E-state index contributed by atoms with van der Waals surface area (Å²) in [4.78, 5) is 10.9. The summed E-state index contributed by atoms with van der Waals surface area (Å²) < 4.78 is 29.0. The zero-order valence-corrected chi connectivity index (χ0v) is 13.4. The molecule has 122 valence electrons. The molecule has 1 saturated carbocycles. The molecule has 21 heavy (non-hydrogen) atoms. The van der Waals surface area contributed by atoms with Gasteiger partial charge in [0.1, 0.15) is 0 Å². The van der Waals surface area contributed by atoms with Gasteiger partial charge in [-0.15, -0.1) is 0 Å². The van der Waals surface area contributed by atoms with Gasteiger partial charge in [-0.1, -0.05) is 26.2 Å². The molecule has 0 bridgehead atoms. The predicted molar refractivity (Wildman–Crippen MR) is 80.0 cm³/mol. The number of piperidine rings is 1. The first kappa shape index (κ1) is 16.7.